The van der Waals surface area contributed by atoms with Crippen molar-refractivity contribution in [3.8, 4) is 0 Å². The SMILES string of the molecule is C[Si](C)=[Zr+2].Cc1cc2c(Br)c(C)ccc2[cH-]1.Cc1cc2c(Br)c(C)ccc2[cH-]1.[Cl-].[Cl-]. The van der Waals surface area contributed by atoms with Gasteiger partial charge >= 0.3 is 41.9 Å². The van der Waals surface area contributed by atoms with Gasteiger partial charge in [0, 0.05) is 0 Å². The fraction of sp³-hybridized carbons (Fsp3) is 0.250. The molecule has 0 fully saturated rings. The fourth-order valence-electron chi connectivity index (χ4n) is 3.01. The standard InChI is InChI=1S/2C11H10Br.C2H6Si.2ClH.Zr/c2*1-7-5-9-4-3-8(2)11(12)10(9)6-7;1-3-2;;;/h2*3-6H,1-2H3;1-2H3;2*1H;/q2*-1;;;;+2/p-2. The Hall–Kier alpha value is 0.300. The zero-order valence-electron chi connectivity index (χ0n) is 18.1. The van der Waals surface area contributed by atoms with Gasteiger partial charge in [-0.15, -0.1) is 69.1 Å². The number of hydrogen-bond acceptors (Lipinski definition) is 0. The average molecular weight is 664 g/mol. The molecule has 0 aliphatic rings. The molecule has 6 heteroatoms. The van der Waals surface area contributed by atoms with E-state index in [1.165, 1.54) is 52.7 Å². The Kier molecular flexibility index (Phi) is 13.9. The van der Waals surface area contributed by atoms with Crippen LogP contribution in [0.5, 0.6) is 0 Å². The van der Waals surface area contributed by atoms with Gasteiger partial charge in [-0.3, -0.25) is 0 Å². The van der Waals surface area contributed by atoms with Gasteiger partial charge in [-0.1, -0.05) is 56.8 Å². The summed E-state index contributed by atoms with van der Waals surface area (Å²) in [6.07, 6.45) is 0. The molecule has 0 atom stereocenters. The Morgan fingerprint density at radius 1 is 0.700 bits per heavy atom. The molecule has 4 aromatic rings. The molecular formula is C24H26Br2Cl2SiZr-2. The molecule has 4 aromatic carbocycles. The zero-order valence-corrected chi connectivity index (χ0v) is 26.3. The predicted molar refractivity (Wildman–Crippen MR) is 131 cm³/mol. The van der Waals surface area contributed by atoms with Crippen LogP contribution in [-0.4, -0.2) is 5.43 Å². The molecule has 0 unspecified atom stereocenters. The van der Waals surface area contributed by atoms with Crippen LogP contribution in [0.15, 0.2) is 57.5 Å². The van der Waals surface area contributed by atoms with Crippen LogP contribution in [0.4, 0.5) is 0 Å². The molecular weight excluding hydrogens is 638 g/mol. The molecule has 0 heterocycles. The molecule has 0 aliphatic heterocycles. The Morgan fingerprint density at radius 2 is 1.00 bits per heavy atom. The Labute approximate surface area is 225 Å². The quantitative estimate of drug-likeness (QED) is 0.201. The van der Waals surface area contributed by atoms with Gasteiger partial charge in [0.25, 0.3) is 0 Å². The van der Waals surface area contributed by atoms with E-state index in [0.717, 1.165) is 0 Å². The Bertz CT molecular complexity index is 1040. The van der Waals surface area contributed by atoms with Crippen molar-refractivity contribution in [1.29, 1.82) is 0 Å². The van der Waals surface area contributed by atoms with Gasteiger partial charge in [0.05, 0.1) is 0 Å². The van der Waals surface area contributed by atoms with Crippen LogP contribution < -0.4 is 24.8 Å². The number of rotatable bonds is 0. The van der Waals surface area contributed by atoms with Crippen molar-refractivity contribution < 1.29 is 48.1 Å². The molecule has 160 valence electrons. The van der Waals surface area contributed by atoms with Crippen molar-refractivity contribution in [3.63, 3.8) is 0 Å². The fourth-order valence-corrected chi connectivity index (χ4v) is 3.96. The average Bonchev–Trinajstić information content (AvgIpc) is 3.17. The van der Waals surface area contributed by atoms with Crippen LogP contribution >= 0.6 is 31.9 Å². The van der Waals surface area contributed by atoms with Crippen LogP contribution in [0.2, 0.25) is 13.1 Å². The van der Waals surface area contributed by atoms with Gasteiger partial charge in [0.2, 0.25) is 0 Å². The maximum atomic E-state index is 3.59. The number of fused-ring (bicyclic) bond motifs is 2. The molecule has 0 spiro atoms. The van der Waals surface area contributed by atoms with E-state index < -0.39 is 0 Å². The third-order valence-electron chi connectivity index (χ3n) is 4.32. The van der Waals surface area contributed by atoms with E-state index in [0.29, 0.717) is 0 Å². The summed E-state index contributed by atoms with van der Waals surface area (Å²) >= 11 is 8.93. The van der Waals surface area contributed by atoms with Crippen molar-refractivity contribution >= 4 is 58.8 Å². The third-order valence-corrected chi connectivity index (χ3v) is 6.43. The summed E-state index contributed by atoms with van der Waals surface area (Å²) in [5, 5.41) is 5.30. The molecule has 0 radical (unpaired) electrons. The van der Waals surface area contributed by atoms with Gasteiger partial charge in [-0.25, -0.2) is 0 Å². The van der Waals surface area contributed by atoms with E-state index in [-0.39, 0.29) is 30.2 Å². The molecule has 0 amide bonds. The minimum atomic E-state index is 0. The van der Waals surface area contributed by atoms with Gasteiger partial charge in [-0.2, -0.15) is 12.1 Å². The smallest absolute Gasteiger partial charge is 0.0232 e. The molecule has 0 saturated heterocycles. The Morgan fingerprint density at radius 3 is 1.30 bits per heavy atom. The first-order valence-corrected chi connectivity index (χ1v) is 17.0. The molecule has 0 nitrogen and oxygen atoms in total. The minimum absolute atomic E-state index is 0. The van der Waals surface area contributed by atoms with Crippen molar-refractivity contribution in [2.45, 2.75) is 40.8 Å². The first kappa shape index (κ1) is 30.3. The maximum absolute atomic E-state index is 3.59. The second-order valence-corrected chi connectivity index (χ2v) is 18.4. The molecule has 0 aliphatic carbocycles. The largest absolute Gasteiger partial charge is 1.00 e. The topological polar surface area (TPSA) is 0 Å². The van der Waals surface area contributed by atoms with Crippen LogP contribution in [0.25, 0.3) is 21.5 Å². The molecule has 4 rings (SSSR count). The van der Waals surface area contributed by atoms with E-state index in [2.05, 4.69) is 121 Å². The van der Waals surface area contributed by atoms with E-state index in [1.54, 1.807) is 23.3 Å². The summed E-state index contributed by atoms with van der Waals surface area (Å²) in [5.41, 5.74) is 5.47. The monoisotopic (exact) mass is 660 g/mol. The summed E-state index contributed by atoms with van der Waals surface area (Å²) in [6, 6.07) is 17.5. The number of benzene rings is 2. The van der Waals surface area contributed by atoms with Crippen LogP contribution in [-0.2, 0) is 23.3 Å². The van der Waals surface area contributed by atoms with E-state index >= 15 is 0 Å². The summed E-state index contributed by atoms with van der Waals surface area (Å²) < 4.78 is 2.46. The normalized spacial score (nSPS) is 9.67. The van der Waals surface area contributed by atoms with E-state index in [4.69, 9.17) is 0 Å². The van der Waals surface area contributed by atoms with Crippen molar-refractivity contribution in [3.05, 3.63) is 79.7 Å². The molecule has 0 saturated carbocycles. The first-order valence-electron chi connectivity index (χ1n) is 9.26. The van der Waals surface area contributed by atoms with Crippen molar-refractivity contribution in [1.82, 2.24) is 0 Å². The second kappa shape index (κ2) is 13.8. The third kappa shape index (κ3) is 8.34. The van der Waals surface area contributed by atoms with Crippen molar-refractivity contribution in [2.24, 2.45) is 0 Å². The van der Waals surface area contributed by atoms with Crippen molar-refractivity contribution in [2.75, 3.05) is 0 Å². The second-order valence-electron chi connectivity index (χ2n) is 7.46. The number of hydrogen-bond donors (Lipinski definition) is 0. The van der Waals surface area contributed by atoms with Gasteiger partial charge in [-0.05, 0) is 22.8 Å². The van der Waals surface area contributed by atoms with Gasteiger partial charge < -0.3 is 24.8 Å². The first-order chi connectivity index (χ1) is 13.1. The Balaban J connectivity index is 0.000000452. The number of halogens is 4. The number of aryl methyl sites for hydroxylation is 4. The predicted octanol–water partition coefficient (Wildman–Crippen LogP) is 2.67. The summed E-state index contributed by atoms with van der Waals surface area (Å²) in [5.74, 6) is 0. The molecule has 0 bridgehead atoms. The molecule has 0 aromatic heterocycles. The summed E-state index contributed by atoms with van der Waals surface area (Å²) in [6.45, 7) is 13.1. The van der Waals surface area contributed by atoms with Gasteiger partial charge in [0.15, 0.2) is 0 Å². The van der Waals surface area contributed by atoms with Crippen LogP contribution in [0, 0.1) is 27.7 Å². The molecule has 30 heavy (non-hydrogen) atoms. The van der Waals surface area contributed by atoms with E-state index in [1.807, 2.05) is 0 Å². The zero-order chi connectivity index (χ0) is 21.0. The van der Waals surface area contributed by atoms with Gasteiger partial charge in [0.1, 0.15) is 0 Å². The van der Waals surface area contributed by atoms with Crippen LogP contribution in [0.1, 0.15) is 22.3 Å². The molecule has 0 N–H and O–H groups in total. The summed E-state index contributed by atoms with van der Waals surface area (Å²) in [4.78, 5) is 0. The maximum Gasteiger partial charge on any atom is -0.0232 e. The minimum Gasteiger partial charge on any atom is -1.00 e. The van der Waals surface area contributed by atoms with Crippen LogP contribution in [0.3, 0.4) is 0 Å². The van der Waals surface area contributed by atoms with E-state index in [9.17, 15) is 0 Å². The summed E-state index contributed by atoms with van der Waals surface area (Å²) in [7, 11) is 0.